The summed E-state index contributed by atoms with van der Waals surface area (Å²) in [6, 6.07) is 7.44. The number of likely N-dealkylation sites (N-methyl/N-ethyl adjacent to an activating group) is 1. The lowest BCUT2D eigenvalue weighted by molar-refractivity contribution is -0.132. The van der Waals surface area contributed by atoms with Crippen LogP contribution in [-0.2, 0) is 4.79 Å². The number of ether oxygens (including phenoxy) is 1. The van der Waals surface area contributed by atoms with Gasteiger partial charge in [0.25, 0.3) is 0 Å². The van der Waals surface area contributed by atoms with Crippen LogP contribution in [0.2, 0.25) is 0 Å². The molecule has 1 aromatic rings. The van der Waals surface area contributed by atoms with E-state index in [1.807, 2.05) is 31.3 Å². The minimum atomic E-state index is -0.267. The lowest BCUT2D eigenvalue weighted by atomic mass is 10.1. The third-order valence-electron chi connectivity index (χ3n) is 3.34. The van der Waals surface area contributed by atoms with Crippen molar-refractivity contribution in [3.05, 3.63) is 24.3 Å². The van der Waals surface area contributed by atoms with Crippen LogP contribution in [0.4, 0.5) is 5.69 Å². The van der Waals surface area contributed by atoms with E-state index >= 15 is 0 Å². The summed E-state index contributed by atoms with van der Waals surface area (Å²) in [4.78, 5) is 15.8. The van der Waals surface area contributed by atoms with Crippen LogP contribution >= 0.6 is 0 Å². The fourth-order valence-electron chi connectivity index (χ4n) is 2.22. The van der Waals surface area contributed by atoms with Crippen LogP contribution in [0.5, 0.6) is 5.75 Å². The first kappa shape index (κ1) is 12.7. The molecule has 1 aliphatic heterocycles. The molecular weight excluding hydrogens is 230 g/mol. The third kappa shape index (κ3) is 2.26. The molecule has 0 spiro atoms. The van der Waals surface area contributed by atoms with Crippen molar-refractivity contribution >= 4 is 11.6 Å². The number of anilines is 1. The number of amides is 1. The monoisotopic (exact) mass is 249 g/mol. The number of hydrogen-bond donors (Lipinski definition) is 1. The van der Waals surface area contributed by atoms with E-state index in [0.717, 1.165) is 24.5 Å². The van der Waals surface area contributed by atoms with E-state index in [0.29, 0.717) is 6.54 Å². The maximum Gasteiger partial charge on any atom is 0.246 e. The number of methoxy groups -OCH3 is 1. The Morgan fingerprint density at radius 3 is 2.56 bits per heavy atom. The van der Waals surface area contributed by atoms with Gasteiger partial charge in [0.05, 0.1) is 7.11 Å². The topological polar surface area (TPSA) is 58.8 Å². The van der Waals surface area contributed by atoms with Gasteiger partial charge in [0, 0.05) is 32.4 Å². The van der Waals surface area contributed by atoms with Crippen LogP contribution in [0.3, 0.4) is 0 Å². The Hall–Kier alpha value is -1.75. The normalized spacial score (nSPS) is 20.2. The van der Waals surface area contributed by atoms with Gasteiger partial charge in [-0.25, -0.2) is 0 Å². The molecule has 5 heteroatoms. The highest BCUT2D eigenvalue weighted by Crippen LogP contribution is 2.23. The number of piperazine rings is 1. The molecule has 18 heavy (non-hydrogen) atoms. The summed E-state index contributed by atoms with van der Waals surface area (Å²) < 4.78 is 5.13. The van der Waals surface area contributed by atoms with Crippen molar-refractivity contribution in [2.75, 3.05) is 38.7 Å². The Kier molecular flexibility index (Phi) is 3.72. The molecular formula is C13H19N3O2. The molecule has 0 aromatic heterocycles. The number of nitrogens with zero attached hydrogens (tertiary/aromatic N) is 2. The van der Waals surface area contributed by atoms with Crippen molar-refractivity contribution in [3.63, 3.8) is 0 Å². The number of carbonyl (C=O) groups excluding carboxylic acids is 1. The van der Waals surface area contributed by atoms with Gasteiger partial charge in [0.1, 0.15) is 11.8 Å². The van der Waals surface area contributed by atoms with Crippen molar-refractivity contribution in [3.8, 4) is 5.75 Å². The van der Waals surface area contributed by atoms with Crippen LogP contribution in [-0.4, -0.2) is 50.6 Å². The van der Waals surface area contributed by atoms with E-state index in [1.165, 1.54) is 0 Å². The molecule has 0 aliphatic carbocycles. The number of rotatable bonds is 3. The summed E-state index contributed by atoms with van der Waals surface area (Å²) in [5, 5.41) is 0. The molecule has 0 bridgehead atoms. The quantitative estimate of drug-likeness (QED) is 0.837. The van der Waals surface area contributed by atoms with E-state index in [1.54, 1.807) is 12.0 Å². The van der Waals surface area contributed by atoms with Gasteiger partial charge in [-0.05, 0) is 24.3 Å². The molecule has 1 aliphatic rings. The molecule has 1 heterocycles. The first-order valence-electron chi connectivity index (χ1n) is 6.03. The Morgan fingerprint density at radius 1 is 1.33 bits per heavy atom. The van der Waals surface area contributed by atoms with Gasteiger partial charge in [0.15, 0.2) is 0 Å². The summed E-state index contributed by atoms with van der Waals surface area (Å²) in [6.07, 6.45) is 0. The second-order valence-corrected chi connectivity index (χ2v) is 4.40. The summed E-state index contributed by atoms with van der Waals surface area (Å²) in [5.41, 5.74) is 6.73. The van der Waals surface area contributed by atoms with Gasteiger partial charge in [-0.3, -0.25) is 4.79 Å². The van der Waals surface area contributed by atoms with E-state index in [4.69, 9.17) is 10.5 Å². The average molecular weight is 249 g/mol. The lowest BCUT2D eigenvalue weighted by Gasteiger charge is -2.40. The van der Waals surface area contributed by atoms with Crippen molar-refractivity contribution in [2.24, 2.45) is 5.73 Å². The van der Waals surface area contributed by atoms with Gasteiger partial charge >= 0.3 is 0 Å². The highest BCUT2D eigenvalue weighted by atomic mass is 16.5. The molecule has 1 atom stereocenters. The zero-order valence-electron chi connectivity index (χ0n) is 10.8. The standard InChI is InChI=1S/C13H19N3O2/c1-15-7-8-16(12(9-14)13(15)17)10-3-5-11(18-2)6-4-10/h3-6,12H,7-9,14H2,1-2H3. The zero-order chi connectivity index (χ0) is 13.1. The van der Waals surface area contributed by atoms with Gasteiger partial charge in [0.2, 0.25) is 5.91 Å². The summed E-state index contributed by atoms with van der Waals surface area (Å²) >= 11 is 0. The Morgan fingerprint density at radius 2 is 2.00 bits per heavy atom. The van der Waals surface area contributed by atoms with Crippen molar-refractivity contribution in [1.82, 2.24) is 4.90 Å². The first-order chi connectivity index (χ1) is 8.67. The minimum absolute atomic E-state index is 0.0829. The maximum absolute atomic E-state index is 12.0. The number of benzene rings is 1. The summed E-state index contributed by atoms with van der Waals surface area (Å²) in [5.74, 6) is 0.892. The van der Waals surface area contributed by atoms with E-state index in [-0.39, 0.29) is 11.9 Å². The molecule has 98 valence electrons. The summed E-state index contributed by atoms with van der Waals surface area (Å²) in [6.45, 7) is 1.85. The smallest absolute Gasteiger partial charge is 0.246 e. The SMILES string of the molecule is COc1ccc(N2CCN(C)C(=O)C2CN)cc1. The lowest BCUT2D eigenvalue weighted by Crippen LogP contribution is -2.58. The Balaban J connectivity index is 2.22. The van der Waals surface area contributed by atoms with Crippen LogP contribution in [0.15, 0.2) is 24.3 Å². The molecule has 5 nitrogen and oxygen atoms in total. The van der Waals surface area contributed by atoms with Gasteiger partial charge in [-0.1, -0.05) is 0 Å². The molecule has 1 unspecified atom stereocenters. The second kappa shape index (κ2) is 5.27. The fraction of sp³-hybridized carbons (Fsp3) is 0.462. The molecule has 1 amide bonds. The fourth-order valence-corrected chi connectivity index (χ4v) is 2.22. The molecule has 1 aromatic carbocycles. The largest absolute Gasteiger partial charge is 0.497 e. The van der Waals surface area contributed by atoms with E-state index < -0.39 is 0 Å². The maximum atomic E-state index is 12.0. The van der Waals surface area contributed by atoms with Crippen molar-refractivity contribution in [2.45, 2.75) is 6.04 Å². The Labute approximate surface area is 107 Å². The van der Waals surface area contributed by atoms with Crippen LogP contribution in [0, 0.1) is 0 Å². The predicted molar refractivity (Wildman–Crippen MR) is 70.8 cm³/mol. The second-order valence-electron chi connectivity index (χ2n) is 4.40. The number of nitrogens with two attached hydrogens (primary N) is 1. The minimum Gasteiger partial charge on any atom is -0.497 e. The average Bonchev–Trinajstić information content (AvgIpc) is 2.42. The van der Waals surface area contributed by atoms with Gasteiger partial charge in [-0.15, -0.1) is 0 Å². The number of carbonyl (C=O) groups is 1. The van der Waals surface area contributed by atoms with Gasteiger partial charge < -0.3 is 20.3 Å². The highest BCUT2D eigenvalue weighted by molar-refractivity contribution is 5.86. The Bertz CT molecular complexity index is 419. The summed E-state index contributed by atoms with van der Waals surface area (Å²) in [7, 11) is 3.45. The molecule has 2 N–H and O–H groups in total. The highest BCUT2D eigenvalue weighted by Gasteiger charge is 2.31. The van der Waals surface area contributed by atoms with Crippen LogP contribution < -0.4 is 15.4 Å². The third-order valence-corrected chi connectivity index (χ3v) is 3.34. The first-order valence-corrected chi connectivity index (χ1v) is 6.03. The van der Waals surface area contributed by atoms with Gasteiger partial charge in [-0.2, -0.15) is 0 Å². The molecule has 0 saturated carbocycles. The molecule has 1 saturated heterocycles. The van der Waals surface area contributed by atoms with E-state index in [9.17, 15) is 4.79 Å². The number of hydrogen-bond acceptors (Lipinski definition) is 4. The van der Waals surface area contributed by atoms with Crippen LogP contribution in [0.1, 0.15) is 0 Å². The molecule has 2 rings (SSSR count). The van der Waals surface area contributed by atoms with Crippen molar-refractivity contribution < 1.29 is 9.53 Å². The van der Waals surface area contributed by atoms with Crippen molar-refractivity contribution in [1.29, 1.82) is 0 Å². The predicted octanol–water partition coefficient (Wildman–Crippen LogP) is 0.301. The molecule has 1 fully saturated rings. The molecule has 0 radical (unpaired) electrons. The van der Waals surface area contributed by atoms with Crippen LogP contribution in [0.25, 0.3) is 0 Å². The van der Waals surface area contributed by atoms with E-state index in [2.05, 4.69) is 4.90 Å². The zero-order valence-corrected chi connectivity index (χ0v) is 10.8.